The first kappa shape index (κ1) is 14.4. The number of halogens is 1. The average Bonchev–Trinajstić information content (AvgIpc) is 2.24. The molecule has 0 aromatic heterocycles. The Kier molecular flexibility index (Phi) is 4.29. The van der Waals surface area contributed by atoms with E-state index in [-0.39, 0.29) is 13.2 Å². The van der Waals surface area contributed by atoms with E-state index in [1.807, 2.05) is 0 Å². The Labute approximate surface area is 106 Å². The van der Waals surface area contributed by atoms with Gasteiger partial charge in [0.2, 0.25) is 0 Å². The minimum Gasteiger partial charge on any atom is -0.465 e. The molecule has 0 atom stereocenters. The first-order valence-electron chi connectivity index (χ1n) is 5.64. The summed E-state index contributed by atoms with van der Waals surface area (Å²) in [6.45, 7) is 5.15. The molecular formula is C13H18FNO3. The van der Waals surface area contributed by atoms with E-state index in [1.165, 1.54) is 23.1 Å². The summed E-state index contributed by atoms with van der Waals surface area (Å²) in [6, 6.07) is 3.98. The van der Waals surface area contributed by atoms with Crippen molar-refractivity contribution in [2.45, 2.75) is 39.5 Å². The largest absolute Gasteiger partial charge is 0.465 e. The minimum atomic E-state index is -1.05. The van der Waals surface area contributed by atoms with Crippen molar-refractivity contribution >= 4 is 6.09 Å². The van der Waals surface area contributed by atoms with Crippen LogP contribution in [-0.2, 0) is 13.2 Å². The van der Waals surface area contributed by atoms with Crippen LogP contribution in [0.1, 0.15) is 31.9 Å². The summed E-state index contributed by atoms with van der Waals surface area (Å²) < 4.78 is 13.0. The predicted octanol–water partition coefficient (Wildman–Crippen LogP) is 2.60. The molecule has 18 heavy (non-hydrogen) atoms. The minimum absolute atomic E-state index is 0.120. The lowest BCUT2D eigenvalue weighted by Gasteiger charge is -2.33. The van der Waals surface area contributed by atoms with E-state index in [4.69, 9.17) is 5.11 Å². The van der Waals surface area contributed by atoms with Gasteiger partial charge in [0.05, 0.1) is 6.61 Å². The lowest BCUT2D eigenvalue weighted by molar-refractivity contribution is 0.0950. The Morgan fingerprint density at radius 3 is 2.39 bits per heavy atom. The van der Waals surface area contributed by atoms with Crippen molar-refractivity contribution in [1.29, 1.82) is 0 Å². The SMILES string of the molecule is CC(C)(C)N(Cc1ccc(F)cc1CO)C(=O)O. The van der Waals surface area contributed by atoms with Crippen molar-refractivity contribution in [3.8, 4) is 0 Å². The monoisotopic (exact) mass is 255 g/mol. The van der Waals surface area contributed by atoms with E-state index in [2.05, 4.69) is 0 Å². The summed E-state index contributed by atoms with van der Waals surface area (Å²) in [6.07, 6.45) is -1.05. The third-order valence-corrected chi connectivity index (χ3v) is 2.71. The van der Waals surface area contributed by atoms with Crippen LogP contribution in [0.4, 0.5) is 9.18 Å². The van der Waals surface area contributed by atoms with Gasteiger partial charge in [-0.2, -0.15) is 0 Å². The average molecular weight is 255 g/mol. The molecule has 5 heteroatoms. The number of carboxylic acid groups (broad SMARTS) is 1. The molecule has 100 valence electrons. The fraction of sp³-hybridized carbons (Fsp3) is 0.462. The highest BCUT2D eigenvalue weighted by atomic mass is 19.1. The van der Waals surface area contributed by atoms with Gasteiger partial charge in [0.25, 0.3) is 0 Å². The first-order chi connectivity index (χ1) is 8.25. The van der Waals surface area contributed by atoms with E-state index < -0.39 is 17.4 Å². The molecule has 1 aromatic carbocycles. The van der Waals surface area contributed by atoms with Gasteiger partial charge in [-0.3, -0.25) is 4.90 Å². The number of nitrogens with zero attached hydrogens (tertiary/aromatic N) is 1. The maximum absolute atomic E-state index is 13.0. The molecule has 0 spiro atoms. The number of hydrogen-bond acceptors (Lipinski definition) is 2. The van der Waals surface area contributed by atoms with Gasteiger partial charge in [0.15, 0.2) is 0 Å². The Morgan fingerprint density at radius 2 is 1.94 bits per heavy atom. The fourth-order valence-electron chi connectivity index (χ4n) is 1.66. The molecule has 0 radical (unpaired) electrons. The molecule has 0 aliphatic rings. The molecule has 0 bridgehead atoms. The lowest BCUT2D eigenvalue weighted by Crippen LogP contribution is -2.44. The second-order valence-corrected chi connectivity index (χ2v) is 5.11. The highest BCUT2D eigenvalue weighted by Crippen LogP contribution is 2.20. The Balaban J connectivity index is 3.05. The molecule has 0 aliphatic heterocycles. The zero-order valence-electron chi connectivity index (χ0n) is 10.8. The van der Waals surface area contributed by atoms with Crippen molar-refractivity contribution in [2.75, 3.05) is 0 Å². The van der Waals surface area contributed by atoms with Crippen molar-refractivity contribution < 1.29 is 19.4 Å². The van der Waals surface area contributed by atoms with Gasteiger partial charge in [-0.05, 0) is 44.0 Å². The first-order valence-corrected chi connectivity index (χ1v) is 5.64. The molecule has 0 saturated heterocycles. The second-order valence-electron chi connectivity index (χ2n) is 5.11. The molecule has 1 amide bonds. The van der Waals surface area contributed by atoms with Crippen molar-refractivity contribution in [3.05, 3.63) is 35.1 Å². The quantitative estimate of drug-likeness (QED) is 0.872. The summed E-state index contributed by atoms with van der Waals surface area (Å²) in [5, 5.41) is 18.3. The summed E-state index contributed by atoms with van der Waals surface area (Å²) in [7, 11) is 0. The van der Waals surface area contributed by atoms with E-state index in [0.717, 1.165) is 0 Å². The molecule has 0 unspecified atom stereocenters. The van der Waals surface area contributed by atoms with Crippen LogP contribution in [0.15, 0.2) is 18.2 Å². The summed E-state index contributed by atoms with van der Waals surface area (Å²) in [4.78, 5) is 12.5. The van der Waals surface area contributed by atoms with Crippen LogP contribution in [-0.4, -0.2) is 26.7 Å². The number of aliphatic hydroxyl groups excluding tert-OH is 1. The summed E-state index contributed by atoms with van der Waals surface area (Å²) in [5.74, 6) is -0.444. The predicted molar refractivity (Wildman–Crippen MR) is 65.6 cm³/mol. The summed E-state index contributed by atoms with van der Waals surface area (Å²) >= 11 is 0. The van der Waals surface area contributed by atoms with Crippen LogP contribution >= 0.6 is 0 Å². The van der Waals surface area contributed by atoms with Gasteiger partial charge < -0.3 is 10.2 Å². The Hall–Kier alpha value is -1.62. The lowest BCUT2D eigenvalue weighted by atomic mass is 10.0. The van der Waals surface area contributed by atoms with Gasteiger partial charge in [-0.25, -0.2) is 9.18 Å². The third kappa shape index (κ3) is 3.43. The number of benzene rings is 1. The number of rotatable bonds is 3. The number of aliphatic hydroxyl groups is 1. The van der Waals surface area contributed by atoms with Crippen molar-refractivity contribution in [3.63, 3.8) is 0 Å². The molecular weight excluding hydrogens is 237 g/mol. The van der Waals surface area contributed by atoms with Crippen LogP contribution in [0.5, 0.6) is 0 Å². The molecule has 0 heterocycles. The standard InChI is InChI=1S/C13H18FNO3/c1-13(2,3)15(12(17)18)7-9-4-5-11(14)6-10(9)8-16/h4-6,16H,7-8H2,1-3H3,(H,17,18). The maximum atomic E-state index is 13.0. The Morgan fingerprint density at radius 1 is 1.33 bits per heavy atom. The smallest absolute Gasteiger partial charge is 0.408 e. The number of amides is 1. The van der Waals surface area contributed by atoms with E-state index in [1.54, 1.807) is 20.8 Å². The van der Waals surface area contributed by atoms with Gasteiger partial charge in [0.1, 0.15) is 5.82 Å². The van der Waals surface area contributed by atoms with E-state index in [9.17, 15) is 14.3 Å². The Bertz CT molecular complexity index is 440. The van der Waals surface area contributed by atoms with Crippen LogP contribution in [0.3, 0.4) is 0 Å². The summed E-state index contributed by atoms with van der Waals surface area (Å²) in [5.41, 5.74) is 0.453. The fourth-order valence-corrected chi connectivity index (χ4v) is 1.66. The van der Waals surface area contributed by atoms with Gasteiger partial charge in [0, 0.05) is 12.1 Å². The highest BCUT2D eigenvalue weighted by molar-refractivity contribution is 5.66. The molecule has 1 aromatic rings. The molecule has 0 fully saturated rings. The molecule has 4 nitrogen and oxygen atoms in total. The maximum Gasteiger partial charge on any atom is 0.408 e. The topological polar surface area (TPSA) is 60.8 Å². The van der Waals surface area contributed by atoms with Crippen LogP contribution < -0.4 is 0 Å². The van der Waals surface area contributed by atoms with Crippen molar-refractivity contribution in [2.24, 2.45) is 0 Å². The second kappa shape index (κ2) is 5.35. The zero-order valence-corrected chi connectivity index (χ0v) is 10.8. The zero-order chi connectivity index (χ0) is 13.9. The third-order valence-electron chi connectivity index (χ3n) is 2.71. The highest BCUT2D eigenvalue weighted by Gasteiger charge is 2.26. The number of carbonyl (C=O) groups is 1. The van der Waals surface area contributed by atoms with Crippen LogP contribution in [0, 0.1) is 5.82 Å². The van der Waals surface area contributed by atoms with Crippen molar-refractivity contribution in [1.82, 2.24) is 4.90 Å². The van der Waals surface area contributed by atoms with E-state index >= 15 is 0 Å². The van der Waals surface area contributed by atoms with Gasteiger partial charge in [-0.1, -0.05) is 6.07 Å². The molecule has 1 rings (SSSR count). The number of hydrogen-bond donors (Lipinski definition) is 2. The molecule has 2 N–H and O–H groups in total. The molecule has 0 saturated carbocycles. The van der Waals surface area contributed by atoms with Gasteiger partial charge >= 0.3 is 6.09 Å². The van der Waals surface area contributed by atoms with Crippen LogP contribution in [0.25, 0.3) is 0 Å². The normalized spacial score (nSPS) is 11.4. The van der Waals surface area contributed by atoms with Gasteiger partial charge in [-0.15, -0.1) is 0 Å². The van der Waals surface area contributed by atoms with E-state index in [0.29, 0.717) is 11.1 Å². The van der Waals surface area contributed by atoms with Crippen LogP contribution in [0.2, 0.25) is 0 Å². The molecule has 0 aliphatic carbocycles.